The zero-order valence-electron chi connectivity index (χ0n) is 11.9. The summed E-state index contributed by atoms with van der Waals surface area (Å²) >= 11 is 0. The molecule has 1 heterocycles. The molecule has 19 heavy (non-hydrogen) atoms. The van der Waals surface area contributed by atoms with E-state index in [-0.39, 0.29) is 6.04 Å². The molecule has 0 spiro atoms. The smallest absolute Gasteiger partial charge is 0.138 e. The van der Waals surface area contributed by atoms with Crippen LogP contribution in [-0.4, -0.2) is 21.8 Å². The van der Waals surface area contributed by atoms with E-state index in [0.29, 0.717) is 0 Å². The molecule has 0 amide bonds. The molecule has 0 bridgehead atoms. The lowest BCUT2D eigenvalue weighted by Gasteiger charge is -2.18. The van der Waals surface area contributed by atoms with Gasteiger partial charge in [0.25, 0.3) is 0 Å². The number of nitrogens with zero attached hydrogens (tertiary/aromatic N) is 3. The van der Waals surface area contributed by atoms with Crippen molar-refractivity contribution in [3.63, 3.8) is 0 Å². The standard InChI is InChI=1S/C15H22N4/c1-4-9-19-15(17-11-18-19)10-14(16-3)13-8-6-5-7-12(13)2/h5-8,11,14,16H,4,9-10H2,1-3H3. The van der Waals surface area contributed by atoms with E-state index < -0.39 is 0 Å². The summed E-state index contributed by atoms with van der Waals surface area (Å²) in [5, 5.41) is 7.67. The normalized spacial score (nSPS) is 12.6. The van der Waals surface area contributed by atoms with Gasteiger partial charge in [0, 0.05) is 19.0 Å². The first-order chi connectivity index (χ1) is 9.26. The summed E-state index contributed by atoms with van der Waals surface area (Å²) in [5.74, 6) is 1.05. The van der Waals surface area contributed by atoms with Crippen LogP contribution in [0.5, 0.6) is 0 Å². The van der Waals surface area contributed by atoms with Crippen molar-refractivity contribution in [2.75, 3.05) is 7.05 Å². The molecule has 0 aliphatic carbocycles. The van der Waals surface area contributed by atoms with Crippen LogP contribution in [0.25, 0.3) is 0 Å². The van der Waals surface area contributed by atoms with Gasteiger partial charge in [-0.05, 0) is 31.5 Å². The maximum Gasteiger partial charge on any atom is 0.138 e. The van der Waals surface area contributed by atoms with Crippen LogP contribution < -0.4 is 5.32 Å². The van der Waals surface area contributed by atoms with Gasteiger partial charge in [0.15, 0.2) is 0 Å². The number of likely N-dealkylation sites (N-methyl/N-ethyl adjacent to an activating group) is 1. The summed E-state index contributed by atoms with van der Waals surface area (Å²) in [6, 6.07) is 8.77. The topological polar surface area (TPSA) is 42.7 Å². The fourth-order valence-electron chi connectivity index (χ4n) is 2.37. The third-order valence-corrected chi connectivity index (χ3v) is 3.43. The van der Waals surface area contributed by atoms with E-state index in [1.54, 1.807) is 6.33 Å². The highest BCUT2D eigenvalue weighted by Crippen LogP contribution is 2.20. The first-order valence-corrected chi connectivity index (χ1v) is 6.85. The quantitative estimate of drug-likeness (QED) is 0.865. The van der Waals surface area contributed by atoms with E-state index in [2.05, 4.69) is 53.5 Å². The second kappa shape index (κ2) is 6.48. The Morgan fingerprint density at radius 2 is 2.11 bits per heavy atom. The Bertz CT molecular complexity index is 518. The van der Waals surface area contributed by atoms with Gasteiger partial charge >= 0.3 is 0 Å². The zero-order chi connectivity index (χ0) is 13.7. The summed E-state index contributed by atoms with van der Waals surface area (Å²) in [5.41, 5.74) is 2.64. The largest absolute Gasteiger partial charge is 0.313 e. The monoisotopic (exact) mass is 258 g/mol. The number of nitrogens with one attached hydrogen (secondary N) is 1. The first-order valence-electron chi connectivity index (χ1n) is 6.85. The second-order valence-corrected chi connectivity index (χ2v) is 4.80. The number of hydrogen-bond acceptors (Lipinski definition) is 3. The van der Waals surface area contributed by atoms with Crippen molar-refractivity contribution in [1.82, 2.24) is 20.1 Å². The van der Waals surface area contributed by atoms with Gasteiger partial charge < -0.3 is 5.32 Å². The Labute approximate surface area is 114 Å². The zero-order valence-corrected chi connectivity index (χ0v) is 11.9. The lowest BCUT2D eigenvalue weighted by atomic mass is 9.98. The Hall–Kier alpha value is -1.68. The Morgan fingerprint density at radius 3 is 2.79 bits per heavy atom. The highest BCUT2D eigenvalue weighted by molar-refractivity contribution is 5.29. The Kier molecular flexibility index (Phi) is 4.68. The summed E-state index contributed by atoms with van der Waals surface area (Å²) < 4.78 is 2.00. The molecule has 1 aromatic carbocycles. The molecule has 0 saturated carbocycles. The molecule has 1 aromatic heterocycles. The highest BCUT2D eigenvalue weighted by atomic mass is 15.3. The molecule has 2 rings (SSSR count). The van der Waals surface area contributed by atoms with Crippen molar-refractivity contribution in [2.45, 2.75) is 39.3 Å². The maximum atomic E-state index is 4.39. The minimum absolute atomic E-state index is 0.279. The molecule has 0 aliphatic rings. The van der Waals surface area contributed by atoms with Crippen molar-refractivity contribution in [3.8, 4) is 0 Å². The van der Waals surface area contributed by atoms with Crippen LogP contribution in [0.3, 0.4) is 0 Å². The van der Waals surface area contributed by atoms with Crippen molar-refractivity contribution in [2.24, 2.45) is 0 Å². The van der Waals surface area contributed by atoms with Crippen LogP contribution >= 0.6 is 0 Å². The molecule has 2 aromatic rings. The highest BCUT2D eigenvalue weighted by Gasteiger charge is 2.15. The Morgan fingerprint density at radius 1 is 1.32 bits per heavy atom. The van der Waals surface area contributed by atoms with Crippen molar-refractivity contribution < 1.29 is 0 Å². The van der Waals surface area contributed by atoms with Gasteiger partial charge in [-0.2, -0.15) is 5.10 Å². The molecular formula is C15H22N4. The van der Waals surface area contributed by atoms with Gasteiger partial charge in [-0.1, -0.05) is 31.2 Å². The Balaban J connectivity index is 2.19. The fraction of sp³-hybridized carbons (Fsp3) is 0.467. The summed E-state index contributed by atoms with van der Waals surface area (Å²) in [6.07, 6.45) is 3.59. The van der Waals surface area contributed by atoms with E-state index in [1.807, 2.05) is 11.7 Å². The van der Waals surface area contributed by atoms with Crippen LogP contribution in [0.15, 0.2) is 30.6 Å². The van der Waals surface area contributed by atoms with Gasteiger partial charge in [-0.25, -0.2) is 4.98 Å². The maximum absolute atomic E-state index is 4.39. The van der Waals surface area contributed by atoms with E-state index in [4.69, 9.17) is 0 Å². The third kappa shape index (κ3) is 3.20. The molecule has 0 aliphatic heterocycles. The van der Waals surface area contributed by atoms with Gasteiger partial charge in [0.05, 0.1) is 0 Å². The summed E-state index contributed by atoms with van der Waals surface area (Å²) in [6.45, 7) is 5.23. The lowest BCUT2D eigenvalue weighted by molar-refractivity contribution is 0.516. The van der Waals surface area contributed by atoms with Crippen molar-refractivity contribution in [1.29, 1.82) is 0 Å². The SMILES string of the molecule is CCCn1ncnc1CC(NC)c1ccccc1C. The van der Waals surface area contributed by atoms with E-state index in [1.165, 1.54) is 11.1 Å². The molecule has 0 radical (unpaired) electrons. The predicted octanol–water partition coefficient (Wildman–Crippen LogP) is 2.50. The van der Waals surface area contributed by atoms with Crippen LogP contribution in [0.2, 0.25) is 0 Å². The number of rotatable bonds is 6. The molecule has 1 unspecified atom stereocenters. The van der Waals surface area contributed by atoms with Gasteiger partial charge in [-0.15, -0.1) is 0 Å². The van der Waals surface area contributed by atoms with Gasteiger partial charge in [0.2, 0.25) is 0 Å². The summed E-state index contributed by atoms with van der Waals surface area (Å²) in [7, 11) is 2.00. The molecule has 102 valence electrons. The number of hydrogen-bond donors (Lipinski definition) is 1. The van der Waals surface area contributed by atoms with E-state index in [9.17, 15) is 0 Å². The fourth-order valence-corrected chi connectivity index (χ4v) is 2.37. The van der Waals surface area contributed by atoms with Crippen LogP contribution in [0.1, 0.15) is 36.3 Å². The average molecular weight is 258 g/mol. The molecule has 4 nitrogen and oxygen atoms in total. The summed E-state index contributed by atoms with van der Waals surface area (Å²) in [4.78, 5) is 4.39. The molecule has 1 N–H and O–H groups in total. The van der Waals surface area contributed by atoms with Crippen LogP contribution in [0, 0.1) is 6.92 Å². The van der Waals surface area contributed by atoms with Gasteiger partial charge in [-0.3, -0.25) is 4.68 Å². The third-order valence-electron chi connectivity index (χ3n) is 3.43. The van der Waals surface area contributed by atoms with Crippen molar-refractivity contribution in [3.05, 3.63) is 47.5 Å². The minimum Gasteiger partial charge on any atom is -0.313 e. The number of benzene rings is 1. The van der Waals surface area contributed by atoms with E-state index >= 15 is 0 Å². The number of aryl methyl sites for hydroxylation is 2. The minimum atomic E-state index is 0.279. The average Bonchev–Trinajstić information content (AvgIpc) is 2.85. The molecule has 4 heteroatoms. The van der Waals surface area contributed by atoms with E-state index in [0.717, 1.165) is 25.2 Å². The lowest BCUT2D eigenvalue weighted by Crippen LogP contribution is -2.22. The molecule has 0 saturated heterocycles. The number of aromatic nitrogens is 3. The van der Waals surface area contributed by atoms with Crippen molar-refractivity contribution >= 4 is 0 Å². The molecule has 1 atom stereocenters. The molecular weight excluding hydrogens is 236 g/mol. The molecule has 0 fully saturated rings. The van der Waals surface area contributed by atoms with Crippen LogP contribution in [-0.2, 0) is 13.0 Å². The predicted molar refractivity (Wildman–Crippen MR) is 77.0 cm³/mol. The second-order valence-electron chi connectivity index (χ2n) is 4.80. The van der Waals surface area contributed by atoms with Gasteiger partial charge in [0.1, 0.15) is 12.2 Å². The first kappa shape index (κ1) is 13.7. The van der Waals surface area contributed by atoms with Crippen LogP contribution in [0.4, 0.5) is 0 Å².